The van der Waals surface area contributed by atoms with E-state index >= 15 is 0 Å². The van der Waals surface area contributed by atoms with Crippen LogP contribution in [0.5, 0.6) is 0 Å². The number of thiazole rings is 1. The molecule has 0 atom stereocenters. The van der Waals surface area contributed by atoms with Gasteiger partial charge in [0.1, 0.15) is 6.33 Å². The number of aromatic nitrogens is 4. The standard InChI is InChI=1S/C15H23N7OS/c1-11(2)7-17-14(23)15-19-13(9-24-15)22-10-18-20-12(22)8-21-5-3-16-4-6-21/h9-11,16H,3-8H2,1-2H3,(H,17,23). The SMILES string of the molecule is CC(C)CNC(=O)c1nc(-n2cnnc2CN2CCNCC2)cs1. The van der Waals surface area contributed by atoms with Gasteiger partial charge in [0.15, 0.2) is 16.6 Å². The van der Waals surface area contributed by atoms with Crippen LogP contribution in [0.2, 0.25) is 0 Å². The maximum Gasteiger partial charge on any atom is 0.280 e. The van der Waals surface area contributed by atoms with E-state index in [1.165, 1.54) is 11.3 Å². The van der Waals surface area contributed by atoms with E-state index in [-0.39, 0.29) is 5.91 Å². The second-order valence-electron chi connectivity index (χ2n) is 6.26. The van der Waals surface area contributed by atoms with Crippen molar-refractivity contribution >= 4 is 17.2 Å². The second-order valence-corrected chi connectivity index (χ2v) is 7.12. The quantitative estimate of drug-likeness (QED) is 0.790. The lowest BCUT2D eigenvalue weighted by molar-refractivity contribution is 0.0948. The summed E-state index contributed by atoms with van der Waals surface area (Å²) in [5, 5.41) is 16.8. The summed E-state index contributed by atoms with van der Waals surface area (Å²) in [5.74, 6) is 1.83. The summed E-state index contributed by atoms with van der Waals surface area (Å²) in [5.41, 5.74) is 0. The molecule has 2 aromatic rings. The number of carbonyl (C=O) groups is 1. The van der Waals surface area contributed by atoms with E-state index in [1.807, 2.05) is 9.95 Å². The van der Waals surface area contributed by atoms with Crippen LogP contribution >= 0.6 is 11.3 Å². The van der Waals surface area contributed by atoms with Gasteiger partial charge in [0.2, 0.25) is 0 Å². The molecule has 0 radical (unpaired) electrons. The summed E-state index contributed by atoms with van der Waals surface area (Å²) in [6.07, 6.45) is 1.66. The lowest BCUT2D eigenvalue weighted by Gasteiger charge is -2.26. The highest BCUT2D eigenvalue weighted by Gasteiger charge is 2.17. The topological polar surface area (TPSA) is 88.0 Å². The van der Waals surface area contributed by atoms with Crippen LogP contribution in [0.15, 0.2) is 11.7 Å². The number of rotatable bonds is 6. The predicted octanol–water partition coefficient (Wildman–Crippen LogP) is 0.515. The third-order valence-corrected chi connectivity index (χ3v) is 4.63. The zero-order valence-electron chi connectivity index (χ0n) is 14.0. The van der Waals surface area contributed by atoms with Gasteiger partial charge in [-0.15, -0.1) is 21.5 Å². The first kappa shape index (κ1) is 17.0. The highest BCUT2D eigenvalue weighted by atomic mass is 32.1. The second kappa shape index (κ2) is 7.82. The zero-order valence-corrected chi connectivity index (χ0v) is 14.8. The van der Waals surface area contributed by atoms with Crippen molar-refractivity contribution in [2.24, 2.45) is 5.92 Å². The number of nitrogens with zero attached hydrogens (tertiary/aromatic N) is 5. The molecule has 130 valence electrons. The Hall–Kier alpha value is -1.84. The van der Waals surface area contributed by atoms with E-state index < -0.39 is 0 Å². The van der Waals surface area contributed by atoms with Crippen LogP contribution in [-0.2, 0) is 6.54 Å². The molecule has 1 amide bonds. The van der Waals surface area contributed by atoms with Crippen LogP contribution in [0.4, 0.5) is 0 Å². The largest absolute Gasteiger partial charge is 0.350 e. The van der Waals surface area contributed by atoms with Crippen LogP contribution in [0, 0.1) is 5.92 Å². The fourth-order valence-corrected chi connectivity index (χ4v) is 3.19. The molecule has 1 aliphatic heterocycles. The van der Waals surface area contributed by atoms with Crippen molar-refractivity contribution in [3.8, 4) is 5.82 Å². The van der Waals surface area contributed by atoms with Crippen molar-refractivity contribution < 1.29 is 4.79 Å². The third-order valence-electron chi connectivity index (χ3n) is 3.80. The molecule has 1 aliphatic rings. The highest BCUT2D eigenvalue weighted by Crippen LogP contribution is 2.16. The summed E-state index contributed by atoms with van der Waals surface area (Å²) in [7, 11) is 0. The molecule has 2 aromatic heterocycles. The van der Waals surface area contributed by atoms with E-state index in [4.69, 9.17) is 0 Å². The fraction of sp³-hybridized carbons (Fsp3) is 0.600. The number of piperazine rings is 1. The van der Waals surface area contributed by atoms with Gasteiger partial charge in [-0.3, -0.25) is 14.3 Å². The molecule has 24 heavy (non-hydrogen) atoms. The first-order valence-electron chi connectivity index (χ1n) is 8.19. The zero-order chi connectivity index (χ0) is 16.9. The summed E-state index contributed by atoms with van der Waals surface area (Å²) in [6, 6.07) is 0. The van der Waals surface area contributed by atoms with E-state index in [0.29, 0.717) is 23.3 Å². The van der Waals surface area contributed by atoms with Crippen LogP contribution in [0.25, 0.3) is 5.82 Å². The molecule has 0 aliphatic carbocycles. The molecule has 0 bridgehead atoms. The van der Waals surface area contributed by atoms with Crippen LogP contribution in [0.3, 0.4) is 0 Å². The number of nitrogens with one attached hydrogen (secondary N) is 2. The lowest BCUT2D eigenvalue weighted by Crippen LogP contribution is -2.43. The normalized spacial score (nSPS) is 15.8. The summed E-state index contributed by atoms with van der Waals surface area (Å²) in [6.45, 7) is 9.47. The molecular formula is C15H23N7OS. The molecule has 0 saturated carbocycles. The molecule has 9 heteroatoms. The Morgan fingerprint density at radius 2 is 2.21 bits per heavy atom. The maximum absolute atomic E-state index is 12.1. The number of amides is 1. The first-order valence-corrected chi connectivity index (χ1v) is 9.07. The summed E-state index contributed by atoms with van der Waals surface area (Å²) >= 11 is 1.34. The van der Waals surface area contributed by atoms with Gasteiger partial charge in [-0.2, -0.15) is 0 Å². The minimum atomic E-state index is -0.128. The van der Waals surface area contributed by atoms with E-state index in [9.17, 15) is 4.79 Å². The first-order chi connectivity index (χ1) is 11.6. The average molecular weight is 349 g/mol. The fourth-order valence-electron chi connectivity index (χ4n) is 2.48. The van der Waals surface area contributed by atoms with Gasteiger partial charge in [-0.25, -0.2) is 4.98 Å². The molecule has 3 heterocycles. The minimum Gasteiger partial charge on any atom is -0.350 e. The number of hydrogen-bond acceptors (Lipinski definition) is 7. The molecule has 0 aromatic carbocycles. The number of carbonyl (C=O) groups excluding carboxylic acids is 1. The van der Waals surface area contributed by atoms with Crippen molar-refractivity contribution in [2.75, 3.05) is 32.7 Å². The van der Waals surface area contributed by atoms with Gasteiger partial charge in [0, 0.05) is 38.1 Å². The average Bonchev–Trinajstić information content (AvgIpc) is 3.22. The molecule has 2 N–H and O–H groups in total. The van der Waals surface area contributed by atoms with Crippen LogP contribution in [0.1, 0.15) is 29.5 Å². The van der Waals surface area contributed by atoms with Gasteiger partial charge in [0.05, 0.1) is 6.54 Å². The highest BCUT2D eigenvalue weighted by molar-refractivity contribution is 7.11. The van der Waals surface area contributed by atoms with Gasteiger partial charge < -0.3 is 10.6 Å². The van der Waals surface area contributed by atoms with Crippen molar-refractivity contribution in [1.82, 2.24) is 35.3 Å². The Kier molecular flexibility index (Phi) is 5.54. The summed E-state index contributed by atoms with van der Waals surface area (Å²) < 4.78 is 1.86. The Labute approximate surface area is 145 Å². The Bertz CT molecular complexity index is 675. The maximum atomic E-state index is 12.1. The van der Waals surface area contributed by atoms with Crippen LogP contribution in [-0.4, -0.2) is 63.3 Å². The van der Waals surface area contributed by atoms with Crippen molar-refractivity contribution in [2.45, 2.75) is 20.4 Å². The lowest BCUT2D eigenvalue weighted by atomic mass is 10.2. The molecule has 3 rings (SSSR count). The third kappa shape index (κ3) is 4.16. The van der Waals surface area contributed by atoms with Gasteiger partial charge in [-0.05, 0) is 5.92 Å². The Balaban J connectivity index is 1.69. The number of hydrogen-bond donors (Lipinski definition) is 2. The Morgan fingerprint density at radius 3 is 2.96 bits per heavy atom. The molecule has 0 spiro atoms. The molecule has 0 unspecified atom stereocenters. The van der Waals surface area contributed by atoms with E-state index in [0.717, 1.165) is 38.5 Å². The van der Waals surface area contributed by atoms with Crippen molar-refractivity contribution in [1.29, 1.82) is 0 Å². The Morgan fingerprint density at radius 1 is 1.42 bits per heavy atom. The molecule has 1 fully saturated rings. The molecule has 8 nitrogen and oxygen atoms in total. The van der Waals surface area contributed by atoms with Crippen molar-refractivity contribution in [3.05, 3.63) is 22.5 Å². The molecule has 1 saturated heterocycles. The van der Waals surface area contributed by atoms with Crippen LogP contribution < -0.4 is 10.6 Å². The minimum absolute atomic E-state index is 0.128. The summed E-state index contributed by atoms with van der Waals surface area (Å²) in [4.78, 5) is 18.9. The van der Waals surface area contributed by atoms with E-state index in [2.05, 4.69) is 44.6 Å². The van der Waals surface area contributed by atoms with Gasteiger partial charge in [-0.1, -0.05) is 13.8 Å². The van der Waals surface area contributed by atoms with Crippen molar-refractivity contribution in [3.63, 3.8) is 0 Å². The monoisotopic (exact) mass is 349 g/mol. The van der Waals surface area contributed by atoms with E-state index in [1.54, 1.807) is 6.33 Å². The van der Waals surface area contributed by atoms with Gasteiger partial charge in [0.25, 0.3) is 5.91 Å². The predicted molar refractivity (Wildman–Crippen MR) is 92.3 cm³/mol. The molecular weight excluding hydrogens is 326 g/mol. The smallest absolute Gasteiger partial charge is 0.280 e. The van der Waals surface area contributed by atoms with Gasteiger partial charge >= 0.3 is 0 Å².